The van der Waals surface area contributed by atoms with Crippen molar-refractivity contribution >= 4 is 50.9 Å². The number of carbonyl (C=O) groups is 3. The molecule has 0 bridgehead atoms. The lowest BCUT2D eigenvalue weighted by Crippen LogP contribution is -2.43. The van der Waals surface area contributed by atoms with Crippen LogP contribution < -0.4 is 11.1 Å². The van der Waals surface area contributed by atoms with E-state index in [1.807, 2.05) is 11.6 Å². The van der Waals surface area contributed by atoms with Crippen LogP contribution in [0.4, 0.5) is 20.7 Å². The number of benzene rings is 2. The van der Waals surface area contributed by atoms with Crippen molar-refractivity contribution in [1.82, 2.24) is 20.0 Å². The van der Waals surface area contributed by atoms with Gasteiger partial charge in [0.15, 0.2) is 0 Å². The molecule has 0 radical (unpaired) electrons. The quantitative estimate of drug-likeness (QED) is 0.245. The van der Waals surface area contributed by atoms with Gasteiger partial charge in [0.2, 0.25) is 0 Å². The molecule has 5 aromatic rings. The summed E-state index contributed by atoms with van der Waals surface area (Å²) in [6, 6.07) is 9.99. The molecular formula is C28H21FN6O6S. The van der Waals surface area contributed by atoms with Crippen molar-refractivity contribution in [2.45, 2.75) is 13.0 Å². The van der Waals surface area contributed by atoms with E-state index in [1.54, 1.807) is 41.3 Å². The number of aliphatic hydroxyl groups is 1. The SMILES string of the molecule is Nc1ncc(-c2cnn(CCO)c2)c2scc(-c3ccc(-c4c(F)cccc4NC(=O)N4OC(=O)CC(=O)O4)cc3)c12. The molecule has 0 spiro atoms. The first-order valence-electron chi connectivity index (χ1n) is 12.5. The van der Waals surface area contributed by atoms with E-state index < -0.39 is 30.2 Å². The number of hydrogen-bond donors (Lipinski definition) is 3. The molecule has 0 aliphatic carbocycles. The normalized spacial score (nSPS) is 13.2. The summed E-state index contributed by atoms with van der Waals surface area (Å²) in [4.78, 5) is 49.3. The lowest BCUT2D eigenvalue weighted by molar-refractivity contribution is -0.302. The lowest BCUT2D eigenvalue weighted by Gasteiger charge is -2.23. The number of aliphatic hydroxyl groups excluding tert-OH is 1. The molecule has 1 aliphatic rings. The number of halogens is 1. The van der Waals surface area contributed by atoms with Gasteiger partial charge in [0.25, 0.3) is 0 Å². The molecule has 1 saturated heterocycles. The zero-order valence-electron chi connectivity index (χ0n) is 21.6. The Morgan fingerprint density at radius 2 is 1.79 bits per heavy atom. The molecule has 14 heteroatoms. The van der Waals surface area contributed by atoms with Crippen molar-refractivity contribution in [2.24, 2.45) is 0 Å². The number of nitrogens with zero attached hydrogens (tertiary/aromatic N) is 4. The van der Waals surface area contributed by atoms with Crippen molar-refractivity contribution in [3.8, 4) is 33.4 Å². The first-order chi connectivity index (χ1) is 20.3. The van der Waals surface area contributed by atoms with Crippen LogP contribution in [0.15, 0.2) is 66.4 Å². The van der Waals surface area contributed by atoms with Crippen LogP contribution in [0, 0.1) is 5.82 Å². The first kappa shape index (κ1) is 26.9. The number of aromatic nitrogens is 3. The van der Waals surface area contributed by atoms with E-state index in [2.05, 4.69) is 25.1 Å². The van der Waals surface area contributed by atoms with E-state index in [4.69, 9.17) is 5.73 Å². The zero-order valence-corrected chi connectivity index (χ0v) is 22.4. The fraction of sp³-hybridized carbons (Fsp3) is 0.107. The second-order valence-electron chi connectivity index (χ2n) is 9.16. The van der Waals surface area contributed by atoms with E-state index >= 15 is 4.39 Å². The summed E-state index contributed by atoms with van der Waals surface area (Å²) in [6.07, 6.45) is 4.61. The number of hydroxylamine groups is 2. The van der Waals surface area contributed by atoms with Gasteiger partial charge in [0.05, 0.1) is 25.0 Å². The summed E-state index contributed by atoms with van der Waals surface area (Å²) in [5, 5.41) is 18.8. The average molecular weight is 589 g/mol. The lowest BCUT2D eigenvalue weighted by atomic mass is 9.98. The third kappa shape index (κ3) is 5.00. The predicted molar refractivity (Wildman–Crippen MR) is 151 cm³/mol. The molecule has 12 nitrogen and oxygen atoms in total. The minimum absolute atomic E-state index is 0.0281. The summed E-state index contributed by atoms with van der Waals surface area (Å²) in [6.45, 7) is 0.347. The van der Waals surface area contributed by atoms with Gasteiger partial charge in [0.1, 0.15) is 18.1 Å². The summed E-state index contributed by atoms with van der Waals surface area (Å²) in [5.74, 6) is -2.18. The Morgan fingerprint density at radius 3 is 2.52 bits per heavy atom. The zero-order chi connectivity index (χ0) is 29.4. The number of urea groups is 1. The van der Waals surface area contributed by atoms with Crippen LogP contribution >= 0.6 is 11.3 Å². The van der Waals surface area contributed by atoms with Gasteiger partial charge in [-0.3, -0.25) is 4.68 Å². The number of hydrogen-bond acceptors (Lipinski definition) is 10. The molecule has 1 fully saturated rings. The Bertz CT molecular complexity index is 1840. The molecule has 1 aliphatic heterocycles. The Balaban J connectivity index is 1.31. The summed E-state index contributed by atoms with van der Waals surface area (Å²) in [5.41, 5.74) is 10.2. The summed E-state index contributed by atoms with van der Waals surface area (Å²) in [7, 11) is 0. The highest BCUT2D eigenvalue weighted by Crippen LogP contribution is 2.42. The smallest absolute Gasteiger partial charge is 0.393 e. The number of nitrogens with two attached hydrogens (primary N) is 1. The van der Waals surface area contributed by atoms with Gasteiger partial charge in [-0.15, -0.1) is 11.3 Å². The second kappa shape index (κ2) is 10.9. The highest BCUT2D eigenvalue weighted by molar-refractivity contribution is 7.18. The first-order valence-corrected chi connectivity index (χ1v) is 13.4. The van der Waals surface area contributed by atoms with E-state index in [-0.39, 0.29) is 23.1 Å². The molecule has 4 heterocycles. The van der Waals surface area contributed by atoms with Crippen molar-refractivity contribution in [3.05, 3.63) is 72.3 Å². The largest absolute Gasteiger partial charge is 0.394 e. The maximum Gasteiger partial charge on any atom is 0.393 e. The van der Waals surface area contributed by atoms with Gasteiger partial charge >= 0.3 is 18.0 Å². The fourth-order valence-electron chi connectivity index (χ4n) is 4.58. The van der Waals surface area contributed by atoms with E-state index in [1.165, 1.54) is 29.5 Å². The highest BCUT2D eigenvalue weighted by atomic mass is 32.1. The predicted octanol–water partition coefficient (Wildman–Crippen LogP) is 4.36. The van der Waals surface area contributed by atoms with Crippen LogP contribution in [-0.2, 0) is 25.8 Å². The maximum absolute atomic E-state index is 15.1. The number of rotatable bonds is 6. The molecule has 3 aromatic heterocycles. The second-order valence-corrected chi connectivity index (χ2v) is 10.0. The van der Waals surface area contributed by atoms with Crippen molar-refractivity contribution in [3.63, 3.8) is 0 Å². The molecule has 42 heavy (non-hydrogen) atoms. The number of nitrogens with one attached hydrogen (secondary N) is 1. The molecule has 0 saturated carbocycles. The van der Waals surface area contributed by atoms with Gasteiger partial charge in [-0.25, -0.2) is 23.8 Å². The number of amides is 2. The Labute approximate surface area is 240 Å². The van der Waals surface area contributed by atoms with Crippen LogP contribution in [0.25, 0.3) is 43.5 Å². The van der Waals surface area contributed by atoms with Gasteiger partial charge < -0.3 is 25.8 Å². The average Bonchev–Trinajstić information content (AvgIpc) is 3.62. The maximum atomic E-state index is 15.1. The number of anilines is 2. The number of pyridine rings is 1. The summed E-state index contributed by atoms with van der Waals surface area (Å²) >= 11 is 1.50. The van der Waals surface area contributed by atoms with Crippen LogP contribution in [0.3, 0.4) is 0 Å². The van der Waals surface area contributed by atoms with Crippen molar-refractivity contribution in [1.29, 1.82) is 0 Å². The number of nitrogen functional groups attached to an aromatic ring is 1. The monoisotopic (exact) mass is 588 g/mol. The summed E-state index contributed by atoms with van der Waals surface area (Å²) < 4.78 is 17.6. The fourth-order valence-corrected chi connectivity index (χ4v) is 5.70. The topological polar surface area (TPSA) is 162 Å². The third-order valence-corrected chi connectivity index (χ3v) is 7.47. The minimum atomic E-state index is -1.09. The van der Waals surface area contributed by atoms with Crippen molar-refractivity contribution < 1.29 is 33.6 Å². The molecule has 4 N–H and O–H groups in total. The third-order valence-electron chi connectivity index (χ3n) is 6.46. The van der Waals surface area contributed by atoms with Gasteiger partial charge in [-0.05, 0) is 28.6 Å². The van der Waals surface area contributed by atoms with Crippen LogP contribution in [0.5, 0.6) is 0 Å². The molecular weight excluding hydrogens is 567 g/mol. The van der Waals surface area contributed by atoms with E-state index in [9.17, 15) is 19.5 Å². The number of fused-ring (bicyclic) bond motifs is 1. The number of thiophene rings is 1. The molecule has 2 amide bonds. The highest BCUT2D eigenvalue weighted by Gasteiger charge is 2.32. The molecule has 0 unspecified atom stereocenters. The molecule has 2 aromatic carbocycles. The van der Waals surface area contributed by atoms with Crippen molar-refractivity contribution in [2.75, 3.05) is 17.7 Å². The van der Waals surface area contributed by atoms with Gasteiger partial charge in [0, 0.05) is 50.0 Å². The van der Waals surface area contributed by atoms with Gasteiger partial charge in [-0.1, -0.05) is 30.3 Å². The standard InChI is InChI=1S/C28H21FN6O6S/c29-20-2-1-3-21(33-28(39)35-40-22(37)10-23(38)41-35)24(20)16-6-4-15(5-7-16)19-14-42-26-18(12-31-27(30)25(19)26)17-11-32-34(13-17)8-9-36/h1-7,11-14,36H,8-10H2,(H2,30,31)(H,33,39). The molecule has 212 valence electrons. The van der Waals surface area contributed by atoms with Gasteiger partial charge in [-0.2, -0.15) is 5.10 Å². The molecule has 6 rings (SSSR count). The van der Waals surface area contributed by atoms with Crippen LogP contribution in [-0.4, -0.2) is 49.7 Å². The molecule has 0 atom stereocenters. The minimum Gasteiger partial charge on any atom is -0.394 e. The van der Waals surface area contributed by atoms with E-state index in [0.29, 0.717) is 17.9 Å². The Hall–Kier alpha value is -5.34. The Morgan fingerprint density at radius 1 is 1.05 bits per heavy atom. The van der Waals surface area contributed by atoms with Crippen LogP contribution in [0.2, 0.25) is 0 Å². The van der Waals surface area contributed by atoms with E-state index in [0.717, 1.165) is 32.3 Å². The van der Waals surface area contributed by atoms with Crippen LogP contribution in [0.1, 0.15) is 6.42 Å². The number of carbonyl (C=O) groups excluding carboxylic acids is 3. The Kier molecular flexibility index (Phi) is 6.98.